The molecule has 0 radical (unpaired) electrons. The zero-order chi connectivity index (χ0) is 9.97. The third-order valence-electron chi connectivity index (χ3n) is 2.37. The molecule has 1 saturated carbocycles. The van der Waals surface area contributed by atoms with Crippen molar-refractivity contribution in [2.24, 2.45) is 5.92 Å². The molecule has 1 aliphatic rings. The lowest BCUT2D eigenvalue weighted by Gasteiger charge is -2.19. The third kappa shape index (κ3) is 2.35. The maximum absolute atomic E-state index is 5.52. The van der Waals surface area contributed by atoms with Crippen LogP contribution in [0.5, 0.6) is 0 Å². The summed E-state index contributed by atoms with van der Waals surface area (Å²) >= 11 is 1.41. The molecule has 0 amide bonds. The third-order valence-corrected chi connectivity index (χ3v) is 3.16. The first kappa shape index (κ1) is 9.71. The number of nitrogens with two attached hydrogens (primary N) is 1. The number of anilines is 2. The molecule has 1 aliphatic carbocycles. The molecule has 1 fully saturated rings. The summed E-state index contributed by atoms with van der Waals surface area (Å²) < 4.78 is 4.01. The average Bonchev–Trinajstić information content (AvgIpc) is 2.87. The van der Waals surface area contributed by atoms with E-state index in [4.69, 9.17) is 5.73 Å². The summed E-state index contributed by atoms with van der Waals surface area (Å²) in [6, 6.07) is 0. The molecule has 1 aromatic rings. The van der Waals surface area contributed by atoms with Gasteiger partial charge in [0.2, 0.25) is 11.1 Å². The van der Waals surface area contributed by atoms with Crippen LogP contribution in [0.4, 0.5) is 11.1 Å². The highest BCUT2D eigenvalue weighted by Gasteiger charge is 2.25. The lowest BCUT2D eigenvalue weighted by molar-refractivity contribution is 0.706. The van der Waals surface area contributed by atoms with Gasteiger partial charge in [-0.25, -0.2) is 0 Å². The van der Waals surface area contributed by atoms with E-state index in [0.29, 0.717) is 5.95 Å². The van der Waals surface area contributed by atoms with Crippen LogP contribution in [0.25, 0.3) is 0 Å². The second-order valence-corrected chi connectivity index (χ2v) is 4.55. The van der Waals surface area contributed by atoms with E-state index in [1.54, 1.807) is 0 Å². The van der Waals surface area contributed by atoms with Crippen LogP contribution >= 0.6 is 11.5 Å². The Morgan fingerprint density at radius 2 is 2.36 bits per heavy atom. The molecule has 0 atom stereocenters. The van der Waals surface area contributed by atoms with Crippen molar-refractivity contribution in [3.8, 4) is 0 Å². The van der Waals surface area contributed by atoms with Crippen LogP contribution in [0, 0.1) is 5.92 Å². The van der Waals surface area contributed by atoms with E-state index < -0.39 is 0 Å². The van der Waals surface area contributed by atoms with Crippen molar-refractivity contribution in [3.63, 3.8) is 0 Å². The van der Waals surface area contributed by atoms with Crippen LogP contribution in [0.1, 0.15) is 26.2 Å². The van der Waals surface area contributed by atoms with Gasteiger partial charge in [0.05, 0.1) is 0 Å². The fourth-order valence-corrected chi connectivity index (χ4v) is 2.13. The van der Waals surface area contributed by atoms with Crippen molar-refractivity contribution >= 4 is 22.6 Å². The molecular formula is C9H16N4S. The highest BCUT2D eigenvalue weighted by molar-refractivity contribution is 7.09. The Morgan fingerprint density at radius 1 is 1.57 bits per heavy atom. The molecule has 5 heteroatoms. The minimum Gasteiger partial charge on any atom is -0.367 e. The Hall–Kier alpha value is -0.840. The second kappa shape index (κ2) is 4.13. The molecule has 2 N–H and O–H groups in total. The highest BCUT2D eigenvalue weighted by Crippen LogP contribution is 2.32. The summed E-state index contributed by atoms with van der Waals surface area (Å²) in [4.78, 5) is 6.53. The highest BCUT2D eigenvalue weighted by atomic mass is 32.1. The van der Waals surface area contributed by atoms with Gasteiger partial charge in [0.1, 0.15) is 0 Å². The van der Waals surface area contributed by atoms with E-state index in [1.807, 2.05) is 0 Å². The second-order valence-electron chi connectivity index (χ2n) is 3.82. The van der Waals surface area contributed by atoms with Gasteiger partial charge in [0, 0.05) is 24.6 Å². The fraction of sp³-hybridized carbons (Fsp3) is 0.778. The first-order valence-electron chi connectivity index (χ1n) is 5.13. The van der Waals surface area contributed by atoms with Crippen molar-refractivity contribution in [2.45, 2.75) is 26.2 Å². The maximum atomic E-state index is 5.52. The zero-order valence-corrected chi connectivity index (χ0v) is 9.26. The van der Waals surface area contributed by atoms with Gasteiger partial charge in [-0.3, -0.25) is 0 Å². The lowest BCUT2D eigenvalue weighted by Crippen LogP contribution is -2.26. The van der Waals surface area contributed by atoms with Crippen molar-refractivity contribution in [1.29, 1.82) is 0 Å². The number of hydrogen-bond acceptors (Lipinski definition) is 5. The van der Waals surface area contributed by atoms with Crippen LogP contribution in [0.15, 0.2) is 0 Å². The summed E-state index contributed by atoms with van der Waals surface area (Å²) in [6.45, 7) is 4.37. The monoisotopic (exact) mass is 212 g/mol. The Kier molecular flexibility index (Phi) is 2.86. The van der Waals surface area contributed by atoms with Crippen molar-refractivity contribution in [3.05, 3.63) is 0 Å². The SMILES string of the molecule is CCCN(CC1CC1)c1nc(N)ns1. The van der Waals surface area contributed by atoms with Gasteiger partial charge < -0.3 is 10.6 Å². The Morgan fingerprint density at radius 3 is 2.86 bits per heavy atom. The first-order valence-corrected chi connectivity index (χ1v) is 5.91. The largest absolute Gasteiger partial charge is 0.367 e. The van der Waals surface area contributed by atoms with E-state index in [9.17, 15) is 0 Å². The van der Waals surface area contributed by atoms with E-state index >= 15 is 0 Å². The Labute approximate surface area is 88.3 Å². The molecule has 2 rings (SSSR count). The molecule has 4 nitrogen and oxygen atoms in total. The predicted octanol–water partition coefficient (Wildman–Crippen LogP) is 1.75. The molecule has 14 heavy (non-hydrogen) atoms. The van der Waals surface area contributed by atoms with Crippen LogP contribution in [-0.4, -0.2) is 22.4 Å². The molecule has 1 heterocycles. The number of hydrogen-bond donors (Lipinski definition) is 1. The van der Waals surface area contributed by atoms with E-state index in [1.165, 1.54) is 24.4 Å². The summed E-state index contributed by atoms with van der Waals surface area (Å²) in [5, 5.41) is 0.983. The molecule has 0 bridgehead atoms. The minimum atomic E-state index is 0.405. The van der Waals surface area contributed by atoms with Crippen LogP contribution < -0.4 is 10.6 Å². The lowest BCUT2D eigenvalue weighted by atomic mass is 10.3. The number of aromatic nitrogens is 2. The summed E-state index contributed by atoms with van der Waals surface area (Å²) in [6.07, 6.45) is 3.88. The van der Waals surface area contributed by atoms with Gasteiger partial charge in [-0.05, 0) is 25.2 Å². The number of nitrogen functional groups attached to an aromatic ring is 1. The van der Waals surface area contributed by atoms with Crippen molar-refractivity contribution < 1.29 is 0 Å². The van der Waals surface area contributed by atoms with Crippen molar-refractivity contribution in [2.75, 3.05) is 23.7 Å². The molecular weight excluding hydrogens is 196 g/mol. The number of nitrogens with zero attached hydrogens (tertiary/aromatic N) is 3. The topological polar surface area (TPSA) is 55.0 Å². The van der Waals surface area contributed by atoms with E-state index in [2.05, 4.69) is 21.2 Å². The van der Waals surface area contributed by atoms with Gasteiger partial charge in [-0.1, -0.05) is 6.92 Å². The molecule has 0 spiro atoms. The van der Waals surface area contributed by atoms with Gasteiger partial charge in [0.15, 0.2) is 0 Å². The van der Waals surface area contributed by atoms with Crippen LogP contribution in [0.3, 0.4) is 0 Å². The smallest absolute Gasteiger partial charge is 0.233 e. The van der Waals surface area contributed by atoms with Gasteiger partial charge in [-0.2, -0.15) is 9.36 Å². The van der Waals surface area contributed by atoms with Crippen LogP contribution in [0.2, 0.25) is 0 Å². The minimum absolute atomic E-state index is 0.405. The summed E-state index contributed by atoms with van der Waals surface area (Å²) in [7, 11) is 0. The van der Waals surface area contributed by atoms with Gasteiger partial charge >= 0.3 is 0 Å². The van der Waals surface area contributed by atoms with Crippen LogP contribution in [-0.2, 0) is 0 Å². The summed E-state index contributed by atoms with van der Waals surface area (Å²) in [5.74, 6) is 1.29. The average molecular weight is 212 g/mol. The normalized spacial score (nSPS) is 15.8. The van der Waals surface area contributed by atoms with E-state index in [0.717, 1.165) is 30.6 Å². The van der Waals surface area contributed by atoms with Gasteiger partial charge in [0.25, 0.3) is 0 Å². The molecule has 0 aliphatic heterocycles. The van der Waals surface area contributed by atoms with Gasteiger partial charge in [-0.15, -0.1) is 0 Å². The first-order chi connectivity index (χ1) is 6.79. The zero-order valence-electron chi connectivity index (χ0n) is 8.44. The quantitative estimate of drug-likeness (QED) is 0.808. The van der Waals surface area contributed by atoms with E-state index in [-0.39, 0.29) is 0 Å². The standard InChI is InChI=1S/C9H16N4S/c1-2-5-13(6-7-3-4-7)9-11-8(10)12-14-9/h7H,2-6H2,1H3,(H2,10,12). The molecule has 78 valence electrons. The summed E-state index contributed by atoms with van der Waals surface area (Å²) in [5.41, 5.74) is 5.52. The van der Waals surface area contributed by atoms with Crippen molar-refractivity contribution in [1.82, 2.24) is 9.36 Å². The number of rotatable bonds is 5. The Bertz CT molecular complexity index is 295. The Balaban J connectivity index is 2.00. The fourth-order valence-electron chi connectivity index (χ4n) is 1.50. The molecule has 0 aromatic carbocycles. The molecule has 1 aromatic heterocycles. The molecule has 0 unspecified atom stereocenters. The predicted molar refractivity (Wildman–Crippen MR) is 59.5 cm³/mol. The maximum Gasteiger partial charge on any atom is 0.233 e. The molecule has 0 saturated heterocycles.